The highest BCUT2D eigenvalue weighted by Gasteiger charge is 2.19. The molecule has 1 aliphatic rings. The Morgan fingerprint density at radius 2 is 2.04 bits per heavy atom. The monoisotopic (exact) mass is 340 g/mol. The van der Waals surface area contributed by atoms with Crippen LogP contribution in [0.25, 0.3) is 5.57 Å². The third-order valence-electron chi connectivity index (χ3n) is 5.01. The number of aryl methyl sites for hydroxylation is 1. The fourth-order valence-corrected chi connectivity index (χ4v) is 3.40. The van der Waals surface area contributed by atoms with Crippen LogP contribution in [0.2, 0.25) is 0 Å². The zero-order valence-electron chi connectivity index (χ0n) is 14.8. The van der Waals surface area contributed by atoms with Gasteiger partial charge in [-0.3, -0.25) is 4.79 Å². The highest BCUT2D eigenvalue weighted by atomic mass is 16.5. The summed E-state index contributed by atoms with van der Waals surface area (Å²) < 4.78 is 11.6. The molecule has 1 aromatic heterocycles. The smallest absolute Gasteiger partial charge is 0.303 e. The molecule has 2 aromatic rings. The van der Waals surface area contributed by atoms with Gasteiger partial charge < -0.3 is 14.3 Å². The predicted molar refractivity (Wildman–Crippen MR) is 96.8 cm³/mol. The minimum atomic E-state index is -0.768. The molecular formula is C21H24O4. The number of carboxylic acid groups (broad SMARTS) is 1. The Bertz CT molecular complexity index is 784. The minimum Gasteiger partial charge on any atom is -0.489 e. The molecule has 1 N–H and O–H groups in total. The van der Waals surface area contributed by atoms with E-state index in [0.29, 0.717) is 13.0 Å². The quantitative estimate of drug-likeness (QED) is 0.776. The molecule has 0 amide bonds. The molecule has 0 spiro atoms. The van der Waals surface area contributed by atoms with Gasteiger partial charge in [-0.2, -0.15) is 0 Å². The summed E-state index contributed by atoms with van der Waals surface area (Å²) in [5, 5.41) is 8.86. The second kappa shape index (κ2) is 7.60. The van der Waals surface area contributed by atoms with Gasteiger partial charge >= 0.3 is 5.97 Å². The Labute approximate surface area is 148 Å². The van der Waals surface area contributed by atoms with Gasteiger partial charge in [0.05, 0.1) is 6.26 Å². The minimum absolute atomic E-state index is 0.153. The predicted octanol–water partition coefficient (Wildman–Crippen LogP) is 4.93. The van der Waals surface area contributed by atoms with Gasteiger partial charge in [-0.15, -0.1) is 0 Å². The first kappa shape index (κ1) is 17.3. The Morgan fingerprint density at radius 1 is 1.20 bits per heavy atom. The van der Waals surface area contributed by atoms with E-state index in [2.05, 4.69) is 0 Å². The van der Waals surface area contributed by atoms with Crippen molar-refractivity contribution in [3.63, 3.8) is 0 Å². The van der Waals surface area contributed by atoms with E-state index in [0.717, 1.165) is 47.5 Å². The molecule has 0 aliphatic heterocycles. The third-order valence-corrected chi connectivity index (χ3v) is 5.01. The number of benzene rings is 1. The molecule has 3 rings (SSSR count). The number of carbonyl (C=O) groups is 1. The molecule has 132 valence electrons. The van der Waals surface area contributed by atoms with Gasteiger partial charge in [0, 0.05) is 6.42 Å². The van der Waals surface area contributed by atoms with Crippen molar-refractivity contribution in [2.45, 2.75) is 46.0 Å². The maximum absolute atomic E-state index is 10.8. The van der Waals surface area contributed by atoms with Crippen molar-refractivity contribution < 1.29 is 19.1 Å². The maximum atomic E-state index is 10.8. The number of carboxylic acids is 1. The Kier molecular flexibility index (Phi) is 5.27. The number of hydrogen-bond donors (Lipinski definition) is 1. The van der Waals surface area contributed by atoms with Gasteiger partial charge in [0.2, 0.25) is 0 Å². The number of allylic oxidation sites excluding steroid dienone is 1. The highest BCUT2D eigenvalue weighted by Crippen LogP contribution is 2.35. The van der Waals surface area contributed by atoms with Crippen LogP contribution < -0.4 is 4.74 Å². The lowest BCUT2D eigenvalue weighted by Crippen LogP contribution is -2.05. The number of aliphatic carboxylic acids is 1. The first-order chi connectivity index (χ1) is 12.1. The zero-order valence-corrected chi connectivity index (χ0v) is 14.8. The molecule has 4 heteroatoms. The van der Waals surface area contributed by atoms with Gasteiger partial charge in [0.25, 0.3) is 0 Å². The molecule has 1 heterocycles. The van der Waals surface area contributed by atoms with Crippen LogP contribution >= 0.6 is 0 Å². The highest BCUT2D eigenvalue weighted by molar-refractivity contribution is 5.68. The number of hydrogen-bond acceptors (Lipinski definition) is 3. The summed E-state index contributed by atoms with van der Waals surface area (Å²) in [6.07, 6.45) is 5.64. The summed E-state index contributed by atoms with van der Waals surface area (Å²) in [4.78, 5) is 10.8. The standard InChI is InChI=1S/C21H24O4/c1-14-15(2)19(10-8-16(14)9-11-21(22)23)25-13-17-5-3-6-18(17)20-7-4-12-24-20/h4,7-8,10,12H,3,5-6,9,11,13H2,1-2H3,(H,22,23). The van der Waals surface area contributed by atoms with Crippen LogP contribution in [0.15, 0.2) is 40.5 Å². The van der Waals surface area contributed by atoms with Gasteiger partial charge in [-0.05, 0) is 85.6 Å². The first-order valence-electron chi connectivity index (χ1n) is 8.74. The normalized spacial score (nSPS) is 14.2. The Balaban J connectivity index is 1.72. The van der Waals surface area contributed by atoms with E-state index in [1.807, 2.05) is 38.1 Å². The second-order valence-electron chi connectivity index (χ2n) is 6.57. The molecule has 0 unspecified atom stereocenters. The third kappa shape index (κ3) is 3.95. The largest absolute Gasteiger partial charge is 0.489 e. The molecule has 0 saturated heterocycles. The lowest BCUT2D eigenvalue weighted by atomic mass is 9.99. The van der Waals surface area contributed by atoms with Crippen LogP contribution in [0.3, 0.4) is 0 Å². The van der Waals surface area contributed by atoms with E-state index in [9.17, 15) is 4.79 Å². The lowest BCUT2D eigenvalue weighted by Gasteiger charge is -2.15. The van der Waals surface area contributed by atoms with Crippen LogP contribution in [0, 0.1) is 13.8 Å². The molecular weight excluding hydrogens is 316 g/mol. The zero-order chi connectivity index (χ0) is 17.8. The molecule has 0 atom stereocenters. The van der Waals surface area contributed by atoms with E-state index in [4.69, 9.17) is 14.3 Å². The van der Waals surface area contributed by atoms with Gasteiger partial charge in [0.1, 0.15) is 18.1 Å². The molecule has 0 bridgehead atoms. The van der Waals surface area contributed by atoms with Crippen molar-refractivity contribution in [1.29, 1.82) is 0 Å². The van der Waals surface area contributed by atoms with E-state index in [-0.39, 0.29) is 6.42 Å². The molecule has 25 heavy (non-hydrogen) atoms. The maximum Gasteiger partial charge on any atom is 0.303 e. The van der Waals surface area contributed by atoms with Crippen LogP contribution in [0.5, 0.6) is 5.75 Å². The lowest BCUT2D eigenvalue weighted by molar-refractivity contribution is -0.136. The van der Waals surface area contributed by atoms with Crippen LogP contribution in [0.4, 0.5) is 0 Å². The summed E-state index contributed by atoms with van der Waals surface area (Å²) in [5.74, 6) is 1.05. The summed E-state index contributed by atoms with van der Waals surface area (Å²) in [6, 6.07) is 7.87. The van der Waals surface area contributed by atoms with E-state index < -0.39 is 5.97 Å². The van der Waals surface area contributed by atoms with Crippen molar-refractivity contribution in [2.24, 2.45) is 0 Å². The topological polar surface area (TPSA) is 59.7 Å². The molecule has 0 radical (unpaired) electrons. The van der Waals surface area contributed by atoms with E-state index in [1.165, 1.54) is 11.1 Å². The Morgan fingerprint density at radius 3 is 2.76 bits per heavy atom. The Hall–Kier alpha value is -2.49. The van der Waals surface area contributed by atoms with Crippen molar-refractivity contribution in [1.82, 2.24) is 0 Å². The first-order valence-corrected chi connectivity index (χ1v) is 8.74. The van der Waals surface area contributed by atoms with Crippen molar-refractivity contribution >= 4 is 11.5 Å². The molecule has 4 nitrogen and oxygen atoms in total. The van der Waals surface area contributed by atoms with E-state index in [1.54, 1.807) is 6.26 Å². The summed E-state index contributed by atoms with van der Waals surface area (Å²) in [7, 11) is 0. The second-order valence-corrected chi connectivity index (χ2v) is 6.57. The van der Waals surface area contributed by atoms with Gasteiger partial charge in [-0.1, -0.05) is 6.07 Å². The number of furan rings is 1. The average Bonchev–Trinajstić information content (AvgIpc) is 3.25. The molecule has 0 fully saturated rings. The summed E-state index contributed by atoms with van der Waals surface area (Å²) in [5.41, 5.74) is 5.86. The molecule has 1 aliphatic carbocycles. The van der Waals surface area contributed by atoms with Crippen LogP contribution in [-0.4, -0.2) is 17.7 Å². The molecule has 1 aromatic carbocycles. The van der Waals surface area contributed by atoms with Gasteiger partial charge in [0.15, 0.2) is 0 Å². The number of ether oxygens (including phenoxy) is 1. The summed E-state index contributed by atoms with van der Waals surface area (Å²) in [6.45, 7) is 4.64. The number of rotatable bonds is 7. The van der Waals surface area contributed by atoms with Crippen LogP contribution in [-0.2, 0) is 11.2 Å². The fourth-order valence-electron chi connectivity index (χ4n) is 3.40. The SMILES string of the molecule is Cc1c(CCC(=O)O)ccc(OCC2=C(c3ccco3)CCC2)c1C. The summed E-state index contributed by atoms with van der Waals surface area (Å²) >= 11 is 0. The van der Waals surface area contributed by atoms with Crippen molar-refractivity contribution in [3.05, 3.63) is 58.6 Å². The van der Waals surface area contributed by atoms with Crippen molar-refractivity contribution in [2.75, 3.05) is 6.61 Å². The van der Waals surface area contributed by atoms with E-state index >= 15 is 0 Å². The van der Waals surface area contributed by atoms with Crippen LogP contribution in [0.1, 0.15) is 48.1 Å². The van der Waals surface area contributed by atoms with Gasteiger partial charge in [-0.25, -0.2) is 0 Å². The van der Waals surface area contributed by atoms with Crippen molar-refractivity contribution in [3.8, 4) is 5.75 Å². The molecule has 0 saturated carbocycles. The average molecular weight is 340 g/mol. The fraction of sp³-hybridized carbons (Fsp3) is 0.381.